The van der Waals surface area contributed by atoms with Gasteiger partial charge in [-0.2, -0.15) is 10.2 Å². The molecule has 0 unspecified atom stereocenters. The minimum Gasteiger partial charge on any atom is -0.310 e. The molecule has 56 valence electrons. The van der Waals surface area contributed by atoms with Gasteiger partial charge in [0.2, 0.25) is 5.66 Å². The molecular formula is C7H13N3. The van der Waals surface area contributed by atoms with Gasteiger partial charge in [-0.05, 0) is 26.3 Å². The van der Waals surface area contributed by atoms with Gasteiger partial charge in [0.1, 0.15) is 0 Å². The largest absolute Gasteiger partial charge is 0.310 e. The van der Waals surface area contributed by atoms with Gasteiger partial charge >= 0.3 is 0 Å². The molecular weight excluding hydrogens is 126 g/mol. The number of nitrogens with zero attached hydrogens (tertiary/aromatic N) is 2. The molecule has 0 bridgehead atoms. The van der Waals surface area contributed by atoms with Crippen LogP contribution in [0.25, 0.3) is 0 Å². The molecule has 2 aliphatic rings. The van der Waals surface area contributed by atoms with Gasteiger partial charge in [0.15, 0.2) is 0 Å². The summed E-state index contributed by atoms with van der Waals surface area (Å²) < 4.78 is 0. The fourth-order valence-electron chi connectivity index (χ4n) is 1.54. The summed E-state index contributed by atoms with van der Waals surface area (Å²) in [6, 6.07) is 0.529. The highest BCUT2D eigenvalue weighted by atomic mass is 15.5. The zero-order valence-corrected chi connectivity index (χ0v) is 6.30. The van der Waals surface area contributed by atoms with E-state index in [1.807, 2.05) is 0 Å². The van der Waals surface area contributed by atoms with E-state index in [0.717, 1.165) is 6.54 Å². The minimum absolute atomic E-state index is 0.0413. The molecule has 2 aliphatic heterocycles. The van der Waals surface area contributed by atoms with E-state index in [1.165, 1.54) is 19.3 Å². The van der Waals surface area contributed by atoms with Gasteiger partial charge in [-0.3, -0.25) is 0 Å². The van der Waals surface area contributed by atoms with Crippen LogP contribution in [-0.4, -0.2) is 18.2 Å². The fourth-order valence-corrected chi connectivity index (χ4v) is 1.54. The Kier molecular flexibility index (Phi) is 1.27. The first-order valence-electron chi connectivity index (χ1n) is 3.99. The lowest BCUT2D eigenvalue weighted by Gasteiger charge is -2.25. The van der Waals surface area contributed by atoms with E-state index in [4.69, 9.17) is 0 Å². The molecule has 2 rings (SSSR count). The standard InChI is InChI=1S/C7H13N3/c1-7(9-10-7)6-4-2-3-5-8-6/h6,8H,2-5H2,1H3/t6-/m0/s1. The fraction of sp³-hybridized carbons (Fsp3) is 1.00. The van der Waals surface area contributed by atoms with E-state index in [2.05, 4.69) is 22.5 Å². The second-order valence-corrected chi connectivity index (χ2v) is 3.30. The molecule has 0 aromatic carbocycles. The first kappa shape index (κ1) is 6.28. The molecule has 0 saturated carbocycles. The summed E-state index contributed by atoms with van der Waals surface area (Å²) in [4.78, 5) is 0. The first-order chi connectivity index (χ1) is 4.81. The molecule has 3 nitrogen and oxygen atoms in total. The highest BCUT2D eigenvalue weighted by Gasteiger charge is 2.43. The van der Waals surface area contributed by atoms with Crippen LogP contribution in [0, 0.1) is 0 Å². The van der Waals surface area contributed by atoms with E-state index >= 15 is 0 Å². The predicted molar refractivity (Wildman–Crippen MR) is 38.9 cm³/mol. The molecule has 10 heavy (non-hydrogen) atoms. The van der Waals surface area contributed by atoms with E-state index in [0.29, 0.717) is 6.04 Å². The average molecular weight is 139 g/mol. The molecule has 2 heterocycles. The maximum absolute atomic E-state index is 4.02. The molecule has 0 amide bonds. The number of rotatable bonds is 1. The summed E-state index contributed by atoms with van der Waals surface area (Å²) in [6.45, 7) is 3.24. The van der Waals surface area contributed by atoms with Crippen LogP contribution in [0.1, 0.15) is 26.2 Å². The zero-order chi connectivity index (χ0) is 7.03. The van der Waals surface area contributed by atoms with Crippen LogP contribution in [-0.2, 0) is 0 Å². The Morgan fingerprint density at radius 2 is 2.20 bits per heavy atom. The summed E-state index contributed by atoms with van der Waals surface area (Å²) in [5.41, 5.74) is -0.0413. The van der Waals surface area contributed by atoms with Gasteiger partial charge in [0.25, 0.3) is 0 Å². The van der Waals surface area contributed by atoms with Crippen molar-refractivity contribution in [2.45, 2.75) is 37.9 Å². The maximum Gasteiger partial charge on any atom is 0.203 e. The lowest BCUT2D eigenvalue weighted by molar-refractivity contribution is 0.334. The normalized spacial score (nSPS) is 35.9. The Morgan fingerprint density at radius 3 is 2.70 bits per heavy atom. The van der Waals surface area contributed by atoms with Crippen molar-refractivity contribution in [3.8, 4) is 0 Å². The predicted octanol–water partition coefficient (Wildman–Crippen LogP) is 1.31. The van der Waals surface area contributed by atoms with E-state index in [-0.39, 0.29) is 5.66 Å². The van der Waals surface area contributed by atoms with Crippen molar-refractivity contribution >= 4 is 0 Å². The summed E-state index contributed by atoms with van der Waals surface area (Å²) >= 11 is 0. The second-order valence-electron chi connectivity index (χ2n) is 3.30. The number of hydrogen-bond donors (Lipinski definition) is 1. The lowest BCUT2D eigenvalue weighted by atomic mass is 9.97. The molecule has 1 saturated heterocycles. The molecule has 1 atom stereocenters. The van der Waals surface area contributed by atoms with Crippen molar-refractivity contribution in [1.82, 2.24) is 5.32 Å². The van der Waals surface area contributed by atoms with Gasteiger partial charge in [0.05, 0.1) is 6.04 Å². The Hall–Kier alpha value is -0.440. The Labute approximate surface area is 60.9 Å². The van der Waals surface area contributed by atoms with Crippen molar-refractivity contribution in [3.63, 3.8) is 0 Å². The van der Waals surface area contributed by atoms with E-state index < -0.39 is 0 Å². The quantitative estimate of drug-likeness (QED) is 0.584. The van der Waals surface area contributed by atoms with Gasteiger partial charge in [0, 0.05) is 0 Å². The third-order valence-electron chi connectivity index (χ3n) is 2.39. The van der Waals surface area contributed by atoms with Crippen molar-refractivity contribution in [2.75, 3.05) is 6.54 Å². The maximum atomic E-state index is 4.02. The summed E-state index contributed by atoms with van der Waals surface area (Å²) in [5, 5.41) is 11.5. The number of nitrogens with one attached hydrogen (secondary N) is 1. The van der Waals surface area contributed by atoms with Crippen LogP contribution in [0.15, 0.2) is 10.2 Å². The second kappa shape index (κ2) is 2.02. The highest BCUT2D eigenvalue weighted by Crippen LogP contribution is 2.34. The third kappa shape index (κ3) is 0.944. The molecule has 0 aromatic heterocycles. The molecule has 0 aliphatic carbocycles. The Balaban J connectivity index is 1.91. The molecule has 0 radical (unpaired) electrons. The third-order valence-corrected chi connectivity index (χ3v) is 2.39. The monoisotopic (exact) mass is 139 g/mol. The summed E-state index contributed by atoms with van der Waals surface area (Å²) in [6.07, 6.45) is 3.88. The Morgan fingerprint density at radius 1 is 1.40 bits per heavy atom. The number of piperidine rings is 1. The SMILES string of the molecule is CC1([C@@H]2CCCCN2)N=N1. The van der Waals surface area contributed by atoms with Crippen molar-refractivity contribution in [2.24, 2.45) is 10.2 Å². The minimum atomic E-state index is -0.0413. The lowest BCUT2D eigenvalue weighted by Crippen LogP contribution is -2.43. The van der Waals surface area contributed by atoms with Crippen molar-refractivity contribution < 1.29 is 0 Å². The van der Waals surface area contributed by atoms with Crippen LogP contribution in [0.4, 0.5) is 0 Å². The molecule has 0 spiro atoms. The van der Waals surface area contributed by atoms with E-state index in [9.17, 15) is 0 Å². The van der Waals surface area contributed by atoms with Gasteiger partial charge in [-0.25, -0.2) is 0 Å². The Bertz CT molecular complexity index is 152. The van der Waals surface area contributed by atoms with Gasteiger partial charge in [-0.15, -0.1) is 0 Å². The van der Waals surface area contributed by atoms with Crippen LogP contribution < -0.4 is 5.32 Å². The van der Waals surface area contributed by atoms with E-state index in [1.54, 1.807) is 0 Å². The molecule has 3 heteroatoms. The van der Waals surface area contributed by atoms with Crippen LogP contribution in [0.5, 0.6) is 0 Å². The molecule has 0 aromatic rings. The summed E-state index contributed by atoms with van der Waals surface area (Å²) in [7, 11) is 0. The van der Waals surface area contributed by atoms with Crippen molar-refractivity contribution in [3.05, 3.63) is 0 Å². The van der Waals surface area contributed by atoms with Gasteiger partial charge in [-0.1, -0.05) is 6.42 Å². The van der Waals surface area contributed by atoms with Crippen molar-refractivity contribution in [1.29, 1.82) is 0 Å². The van der Waals surface area contributed by atoms with Gasteiger partial charge < -0.3 is 5.32 Å². The first-order valence-corrected chi connectivity index (χ1v) is 3.99. The number of hydrogen-bond acceptors (Lipinski definition) is 3. The zero-order valence-electron chi connectivity index (χ0n) is 6.30. The van der Waals surface area contributed by atoms with Crippen LogP contribution >= 0.6 is 0 Å². The molecule has 1 N–H and O–H groups in total. The summed E-state index contributed by atoms with van der Waals surface area (Å²) in [5.74, 6) is 0. The topological polar surface area (TPSA) is 36.8 Å². The highest BCUT2D eigenvalue weighted by molar-refractivity contribution is 5.00. The molecule has 1 fully saturated rings. The average Bonchev–Trinajstić information content (AvgIpc) is 2.72. The van der Waals surface area contributed by atoms with Crippen LogP contribution in [0.3, 0.4) is 0 Å². The van der Waals surface area contributed by atoms with Crippen LogP contribution in [0.2, 0.25) is 0 Å². The smallest absolute Gasteiger partial charge is 0.203 e.